The van der Waals surface area contributed by atoms with Crippen molar-refractivity contribution < 1.29 is 0 Å². The Bertz CT molecular complexity index is 2550. The van der Waals surface area contributed by atoms with Crippen LogP contribution >= 0.6 is 0 Å². The van der Waals surface area contributed by atoms with Gasteiger partial charge in [0.05, 0.1) is 0 Å². The summed E-state index contributed by atoms with van der Waals surface area (Å²) in [5, 5.41) is 0. The number of piperidine rings is 3. The number of hydrogen-bond donors (Lipinski definition) is 0. The first-order valence-electron chi connectivity index (χ1n) is 49.0. The first kappa shape index (κ1) is 91.8. The molecule has 0 aromatic heterocycles. The number of fused-ring (bicyclic) bond motifs is 2. The molecule has 108 heavy (non-hydrogen) atoms. The average Bonchev–Trinajstić information content (AvgIpc) is 1.66. The molecule has 632 valence electrons. The Hall–Kier alpha value is -0.120. The first-order valence-corrected chi connectivity index (χ1v) is 49.0. The summed E-state index contributed by atoms with van der Waals surface area (Å²) in [5.41, 5.74) is 9.37. The molecule has 0 radical (unpaired) electrons. The molecule has 8 atom stereocenters. The maximum Gasteiger partial charge on any atom is -0.00164 e. The van der Waals surface area contributed by atoms with Crippen molar-refractivity contribution in [2.45, 2.75) is 462 Å². The van der Waals surface area contributed by atoms with Crippen LogP contribution in [0.2, 0.25) is 0 Å². The van der Waals surface area contributed by atoms with Gasteiger partial charge >= 0.3 is 0 Å². The predicted octanol–water partition coefficient (Wildman–Crippen LogP) is 31.5. The van der Waals surface area contributed by atoms with E-state index in [0.29, 0.717) is 43.3 Å². The van der Waals surface area contributed by atoms with E-state index in [1.54, 1.807) is 89.9 Å². The smallest absolute Gasteiger partial charge is 0.00164 e. The molecule has 13 saturated carbocycles. The van der Waals surface area contributed by atoms with Gasteiger partial charge in [0.25, 0.3) is 0 Å². The molecule has 3 aliphatic heterocycles. The highest BCUT2D eigenvalue weighted by Gasteiger charge is 2.59. The van der Waals surface area contributed by atoms with Gasteiger partial charge in [-0.2, -0.15) is 0 Å². The third-order valence-electron chi connectivity index (χ3n) is 33.8. The van der Waals surface area contributed by atoms with Crippen LogP contribution in [0.25, 0.3) is 0 Å². The summed E-state index contributed by atoms with van der Waals surface area (Å²) in [6.45, 7) is 65.1. The van der Waals surface area contributed by atoms with E-state index in [2.05, 4.69) is 202 Å². The van der Waals surface area contributed by atoms with Crippen molar-refractivity contribution >= 4 is 0 Å². The predicted molar refractivity (Wildman–Crippen MR) is 477 cm³/mol. The summed E-state index contributed by atoms with van der Waals surface area (Å²) in [6, 6.07) is 0. The van der Waals surface area contributed by atoms with E-state index >= 15 is 0 Å². The van der Waals surface area contributed by atoms with Crippen LogP contribution in [0.3, 0.4) is 0 Å². The van der Waals surface area contributed by atoms with E-state index in [0.717, 1.165) is 91.7 Å². The van der Waals surface area contributed by atoms with Crippen molar-refractivity contribution in [2.24, 2.45) is 147 Å². The third kappa shape index (κ3) is 29.4. The first-order chi connectivity index (χ1) is 49.9. The Balaban J connectivity index is 0.000000143. The molecule has 13 aliphatic carbocycles. The molecule has 3 heteroatoms. The van der Waals surface area contributed by atoms with Crippen molar-refractivity contribution in [3.05, 3.63) is 0 Å². The fourth-order valence-electron chi connectivity index (χ4n) is 25.7. The lowest BCUT2D eigenvalue weighted by molar-refractivity contribution is -0.0525. The van der Waals surface area contributed by atoms with Gasteiger partial charge in [-0.3, -0.25) is 0 Å². The monoisotopic (exact) mass is 1500 g/mol. The van der Waals surface area contributed by atoms with Crippen LogP contribution < -0.4 is 0 Å². The molecule has 16 aliphatic rings. The Labute approximate surface area is 679 Å². The molecule has 6 spiro atoms. The Kier molecular flexibility index (Phi) is 31.1. The van der Waals surface area contributed by atoms with Gasteiger partial charge in [-0.15, -0.1) is 0 Å². The fraction of sp³-hybridized carbons (Fsp3) is 1.00. The summed E-state index contributed by atoms with van der Waals surface area (Å²) in [7, 11) is 6.78. The fourth-order valence-corrected chi connectivity index (χ4v) is 25.7. The second kappa shape index (κ2) is 36.6. The highest BCUT2D eigenvalue weighted by molar-refractivity contribution is 5.09. The van der Waals surface area contributed by atoms with Gasteiger partial charge in [0.15, 0.2) is 0 Å². The maximum atomic E-state index is 2.49. The highest BCUT2D eigenvalue weighted by atomic mass is 15.1. The van der Waals surface area contributed by atoms with Crippen LogP contribution in [-0.4, -0.2) is 75.1 Å². The molecule has 3 heterocycles. The summed E-state index contributed by atoms with van der Waals surface area (Å²) < 4.78 is 0. The van der Waals surface area contributed by atoms with Gasteiger partial charge in [0.2, 0.25) is 0 Å². The molecular weight excluding hydrogens is 1300 g/mol. The lowest BCUT2D eigenvalue weighted by Gasteiger charge is -2.56. The standard InChI is InChI=1S/C15H28.C14H27N.C14H26.2C13H25N.C13H24.C12H22.C11H20/c1-14(2,3)10-7-13-11-15(12-13)8-5-4-6-9-15;1-13(2,3)6-5-12-11-14(12)7-9-15(4)10-8-14;1-13(2,3)10-7-12-11-14(12)8-5-4-6-9-14;1-12(2,3)11-9-13(10-11)5-7-14(4)8-6-13;1-12(2,3)9-11-10-13(11)5-7-14(4)8-6-13;1-12(2,3)9-11-10-13(11)7-5-4-6-8-13;1-12(2,3)8-7-11-9-5-4-6-10(9)11;1-11(2,3)7-10-8-5-4-6-9(8)10/h13H,4-12H2,1-3H3;12H,5-11H2,1-4H3;12H,4-11H2,1-3H3;2*11H,5-10H2,1-4H3;11H,4-10H2,1-3H3;9-11H,4-8H2,1-3H3;8-10H,4-7H2,1-3H3. The van der Waals surface area contributed by atoms with Crippen molar-refractivity contribution in [3.8, 4) is 0 Å². The van der Waals surface area contributed by atoms with Gasteiger partial charge in [-0.1, -0.05) is 237 Å². The van der Waals surface area contributed by atoms with Crippen LogP contribution in [0.5, 0.6) is 0 Å². The lowest BCUT2D eigenvalue weighted by atomic mass is 9.52. The van der Waals surface area contributed by atoms with Crippen LogP contribution in [0, 0.1) is 147 Å². The second-order valence-corrected chi connectivity index (χ2v) is 53.4. The summed E-state index contributed by atoms with van der Waals surface area (Å²) in [6.07, 6.45) is 69.4. The van der Waals surface area contributed by atoms with Crippen LogP contribution in [0.4, 0.5) is 0 Å². The summed E-state index contributed by atoms with van der Waals surface area (Å²) in [4.78, 5) is 7.46. The maximum absolute atomic E-state index is 2.49. The minimum Gasteiger partial charge on any atom is -0.306 e. The molecule has 0 aromatic carbocycles. The molecule has 3 saturated heterocycles. The minimum absolute atomic E-state index is 0.537. The van der Waals surface area contributed by atoms with Crippen molar-refractivity contribution in [2.75, 3.05) is 60.4 Å². The van der Waals surface area contributed by atoms with Crippen LogP contribution in [0.1, 0.15) is 462 Å². The van der Waals surface area contributed by atoms with Gasteiger partial charge in [0.1, 0.15) is 0 Å². The average molecular weight is 1500 g/mol. The van der Waals surface area contributed by atoms with E-state index in [1.165, 1.54) is 257 Å². The van der Waals surface area contributed by atoms with E-state index in [9.17, 15) is 0 Å². The van der Waals surface area contributed by atoms with Crippen LogP contribution in [-0.2, 0) is 0 Å². The quantitative estimate of drug-likeness (QED) is 0.204. The van der Waals surface area contributed by atoms with Crippen molar-refractivity contribution in [1.82, 2.24) is 14.7 Å². The number of likely N-dealkylation sites (tertiary alicyclic amines) is 3. The molecule has 16 rings (SSSR count). The molecule has 0 N–H and O–H groups in total. The molecule has 3 nitrogen and oxygen atoms in total. The normalized spacial score (nSPS) is 32.5. The molecule has 16 fully saturated rings. The zero-order valence-corrected chi connectivity index (χ0v) is 79.0. The van der Waals surface area contributed by atoms with E-state index in [1.807, 2.05) is 0 Å². The zero-order chi connectivity index (χ0) is 79.4. The summed E-state index contributed by atoms with van der Waals surface area (Å²) in [5.74, 6) is 13.4. The third-order valence-corrected chi connectivity index (χ3v) is 33.8. The van der Waals surface area contributed by atoms with Gasteiger partial charge in [-0.25, -0.2) is 0 Å². The molecule has 8 unspecified atom stereocenters. The van der Waals surface area contributed by atoms with E-state index in [4.69, 9.17) is 0 Å². The van der Waals surface area contributed by atoms with Gasteiger partial charge < -0.3 is 14.7 Å². The Morgan fingerprint density at radius 3 is 0.889 bits per heavy atom. The molecule has 0 aromatic rings. The lowest BCUT2D eigenvalue weighted by Crippen LogP contribution is -2.49. The Morgan fingerprint density at radius 1 is 0.250 bits per heavy atom. The SMILES string of the molecule is CC(C)(C)CC1C2CCCC21.CC(C)(C)CC1CC12CCCCC2.CC(C)(C)CCC1C2CCCC21.CC(C)(C)CCC1CC12CCCCC2.CC(C)(C)CCC1CC2(CCCCC2)C1.CN1CCC2(CC1)CC(C(C)(C)C)C2.CN1CCC2(CC1)CC2CC(C)(C)C.CN1CCC2(CC1)CC2CCC(C)(C)C. The topological polar surface area (TPSA) is 9.72 Å². The van der Waals surface area contributed by atoms with Gasteiger partial charge in [-0.05, 0) is 432 Å². The van der Waals surface area contributed by atoms with Crippen molar-refractivity contribution in [1.29, 1.82) is 0 Å². The zero-order valence-electron chi connectivity index (χ0n) is 79.0. The summed E-state index contributed by atoms with van der Waals surface area (Å²) >= 11 is 0. The molecule has 0 bridgehead atoms. The largest absolute Gasteiger partial charge is 0.306 e. The highest BCUT2D eigenvalue weighted by Crippen LogP contribution is 2.68. The van der Waals surface area contributed by atoms with Crippen LogP contribution in [0.15, 0.2) is 0 Å². The van der Waals surface area contributed by atoms with E-state index in [-0.39, 0.29) is 0 Å². The Morgan fingerprint density at radius 2 is 0.537 bits per heavy atom. The number of nitrogens with zero attached hydrogens (tertiary/aromatic N) is 3. The number of rotatable bonds is 11. The molecule has 0 amide bonds. The van der Waals surface area contributed by atoms with Gasteiger partial charge in [0, 0.05) is 0 Å². The minimum atomic E-state index is 0.537. The van der Waals surface area contributed by atoms with E-state index < -0.39 is 0 Å². The van der Waals surface area contributed by atoms with Crippen molar-refractivity contribution in [3.63, 3.8) is 0 Å². The molecular formula is C105H197N3. The second-order valence-electron chi connectivity index (χ2n) is 53.4. The number of hydrogen-bond acceptors (Lipinski definition) is 3.